The van der Waals surface area contributed by atoms with Crippen molar-refractivity contribution in [1.29, 1.82) is 0 Å². The topological polar surface area (TPSA) is 114 Å². The lowest BCUT2D eigenvalue weighted by Gasteiger charge is -2.17. The Morgan fingerprint density at radius 1 is 1.06 bits per heavy atom. The van der Waals surface area contributed by atoms with E-state index < -0.39 is 15.9 Å². The quantitative estimate of drug-likeness (QED) is 0.506. The van der Waals surface area contributed by atoms with E-state index in [9.17, 15) is 18.0 Å². The number of anilines is 2. The lowest BCUT2D eigenvalue weighted by molar-refractivity contribution is -0.118. The number of sulfonamides is 1. The van der Waals surface area contributed by atoms with Gasteiger partial charge in [-0.1, -0.05) is 12.1 Å². The minimum Gasteiger partial charge on any atom is -0.484 e. The number of benzene rings is 2. The Kier molecular flexibility index (Phi) is 8.83. The van der Waals surface area contributed by atoms with Crippen molar-refractivity contribution in [2.45, 2.75) is 6.42 Å². The lowest BCUT2D eigenvalue weighted by atomic mass is 10.1. The van der Waals surface area contributed by atoms with Crippen molar-refractivity contribution in [3.63, 3.8) is 0 Å². The first-order valence-electron chi connectivity index (χ1n) is 9.55. The van der Waals surface area contributed by atoms with Crippen molar-refractivity contribution in [2.75, 3.05) is 49.8 Å². The van der Waals surface area contributed by atoms with Gasteiger partial charge in [0.05, 0.1) is 23.2 Å². The second-order valence-electron chi connectivity index (χ2n) is 6.71. The number of nitrogens with zero attached hydrogens (tertiary/aromatic N) is 1. The van der Waals surface area contributed by atoms with Gasteiger partial charge in [0.1, 0.15) is 5.75 Å². The van der Waals surface area contributed by atoms with Gasteiger partial charge >= 0.3 is 0 Å². The third-order valence-corrected chi connectivity index (χ3v) is 5.53. The largest absolute Gasteiger partial charge is 0.484 e. The maximum Gasteiger partial charge on any atom is 0.262 e. The smallest absolute Gasteiger partial charge is 0.262 e. The molecule has 2 aromatic rings. The van der Waals surface area contributed by atoms with Crippen LogP contribution in [0.3, 0.4) is 0 Å². The van der Waals surface area contributed by atoms with Crippen LogP contribution in [0.1, 0.15) is 16.8 Å². The summed E-state index contributed by atoms with van der Waals surface area (Å²) >= 11 is 0. The van der Waals surface area contributed by atoms with Gasteiger partial charge in [0.15, 0.2) is 6.61 Å². The summed E-state index contributed by atoms with van der Waals surface area (Å²) in [6.45, 7) is 0.731. The first-order chi connectivity index (χ1) is 14.7. The van der Waals surface area contributed by atoms with Gasteiger partial charge < -0.3 is 20.1 Å². The fraction of sp³-hybridized carbons (Fsp3) is 0.333. The molecule has 0 heterocycles. The van der Waals surface area contributed by atoms with Crippen molar-refractivity contribution >= 4 is 33.2 Å². The monoisotopic (exact) mass is 449 g/mol. The van der Waals surface area contributed by atoms with Crippen molar-refractivity contribution < 1.29 is 27.5 Å². The molecule has 0 spiro atoms. The van der Waals surface area contributed by atoms with E-state index in [2.05, 4.69) is 10.6 Å². The van der Waals surface area contributed by atoms with E-state index in [1.165, 1.54) is 7.05 Å². The van der Waals surface area contributed by atoms with Crippen molar-refractivity contribution in [3.05, 3.63) is 54.1 Å². The van der Waals surface area contributed by atoms with Crippen LogP contribution in [-0.4, -0.2) is 60.4 Å². The van der Waals surface area contributed by atoms with Crippen molar-refractivity contribution in [1.82, 2.24) is 5.32 Å². The summed E-state index contributed by atoms with van der Waals surface area (Å²) < 4.78 is 34.7. The summed E-state index contributed by atoms with van der Waals surface area (Å²) in [6, 6.07) is 13.0. The minimum absolute atomic E-state index is 0.273. The van der Waals surface area contributed by atoms with Gasteiger partial charge in [-0.05, 0) is 42.8 Å². The number of nitrogens with one attached hydrogen (secondary N) is 2. The third-order valence-electron chi connectivity index (χ3n) is 4.32. The van der Waals surface area contributed by atoms with E-state index in [-0.39, 0.29) is 12.5 Å². The molecule has 0 aromatic heterocycles. The van der Waals surface area contributed by atoms with Crippen LogP contribution in [0.4, 0.5) is 11.4 Å². The Labute approximate surface area is 182 Å². The molecule has 0 aliphatic rings. The standard InChI is InChI=1S/C21H27N3O6S/c1-24(31(3,27)28)16-9-11-17(12-10-16)30-15-20(25)23-19-8-5-4-7-18(19)21(26)22-13-6-14-29-2/h4-5,7-12H,6,13-15H2,1-3H3,(H,22,26)(H,23,25). The Morgan fingerprint density at radius 3 is 2.39 bits per heavy atom. The van der Waals surface area contributed by atoms with Crippen LogP contribution in [0.2, 0.25) is 0 Å². The van der Waals surface area contributed by atoms with E-state index in [0.717, 1.165) is 10.6 Å². The van der Waals surface area contributed by atoms with Gasteiger partial charge in [-0.2, -0.15) is 0 Å². The fourth-order valence-electron chi connectivity index (χ4n) is 2.58. The van der Waals surface area contributed by atoms with Crippen LogP contribution in [0.5, 0.6) is 5.75 Å². The molecular weight excluding hydrogens is 422 g/mol. The molecule has 168 valence electrons. The summed E-state index contributed by atoms with van der Waals surface area (Å²) in [5, 5.41) is 5.46. The molecule has 0 saturated carbocycles. The Morgan fingerprint density at radius 2 is 1.74 bits per heavy atom. The lowest BCUT2D eigenvalue weighted by Crippen LogP contribution is -2.27. The predicted molar refractivity (Wildman–Crippen MR) is 119 cm³/mol. The highest BCUT2D eigenvalue weighted by Crippen LogP contribution is 2.20. The van der Waals surface area contributed by atoms with Crippen molar-refractivity contribution in [3.8, 4) is 5.75 Å². The van der Waals surface area contributed by atoms with E-state index >= 15 is 0 Å². The molecule has 0 bridgehead atoms. The van der Waals surface area contributed by atoms with Crippen LogP contribution in [0.25, 0.3) is 0 Å². The Balaban J connectivity index is 1.92. The number of methoxy groups -OCH3 is 1. The molecule has 0 saturated heterocycles. The highest BCUT2D eigenvalue weighted by molar-refractivity contribution is 7.92. The molecule has 2 rings (SSSR count). The number of amides is 2. The Hall–Kier alpha value is -3.11. The molecule has 0 aliphatic heterocycles. The fourth-order valence-corrected chi connectivity index (χ4v) is 3.09. The average Bonchev–Trinajstić information content (AvgIpc) is 2.75. The number of hydrogen-bond donors (Lipinski definition) is 2. The molecule has 0 unspecified atom stereocenters. The number of ether oxygens (including phenoxy) is 2. The zero-order valence-electron chi connectivity index (χ0n) is 17.8. The molecule has 9 nitrogen and oxygen atoms in total. The van der Waals surface area contributed by atoms with Crippen molar-refractivity contribution in [2.24, 2.45) is 0 Å². The second-order valence-corrected chi connectivity index (χ2v) is 8.72. The molecule has 2 aromatic carbocycles. The third kappa shape index (κ3) is 7.58. The van der Waals surface area contributed by atoms with E-state index in [4.69, 9.17) is 9.47 Å². The van der Waals surface area contributed by atoms with Gasteiger partial charge in [0, 0.05) is 27.3 Å². The first-order valence-corrected chi connectivity index (χ1v) is 11.4. The first kappa shape index (κ1) is 24.2. The zero-order valence-corrected chi connectivity index (χ0v) is 18.6. The predicted octanol–water partition coefficient (Wildman–Crippen LogP) is 1.87. The second kappa shape index (κ2) is 11.3. The highest BCUT2D eigenvalue weighted by atomic mass is 32.2. The number of carbonyl (C=O) groups excluding carboxylic acids is 2. The molecule has 0 fully saturated rings. The zero-order chi connectivity index (χ0) is 22.9. The normalized spacial score (nSPS) is 10.9. The molecule has 10 heteroatoms. The van der Waals surface area contributed by atoms with Gasteiger partial charge in [-0.15, -0.1) is 0 Å². The number of hydrogen-bond acceptors (Lipinski definition) is 6. The van der Waals surface area contributed by atoms with Gasteiger partial charge in [-0.3, -0.25) is 13.9 Å². The maximum absolute atomic E-state index is 12.4. The van der Waals surface area contributed by atoms with E-state index in [1.54, 1.807) is 55.6 Å². The average molecular weight is 450 g/mol. The summed E-state index contributed by atoms with van der Waals surface area (Å²) in [5.74, 6) is -0.319. The molecule has 0 radical (unpaired) electrons. The highest BCUT2D eigenvalue weighted by Gasteiger charge is 2.14. The summed E-state index contributed by atoms with van der Waals surface area (Å²) in [7, 11) is -0.317. The van der Waals surface area contributed by atoms with Gasteiger partial charge in [0.25, 0.3) is 11.8 Å². The van der Waals surface area contributed by atoms with Gasteiger partial charge in [0.2, 0.25) is 10.0 Å². The molecule has 31 heavy (non-hydrogen) atoms. The summed E-state index contributed by atoms with van der Waals surface area (Å²) in [5.41, 5.74) is 1.21. The maximum atomic E-state index is 12.4. The minimum atomic E-state index is -3.36. The van der Waals surface area contributed by atoms with Crippen LogP contribution in [-0.2, 0) is 19.6 Å². The number of carbonyl (C=O) groups is 2. The molecule has 0 atom stereocenters. The van der Waals surface area contributed by atoms with Gasteiger partial charge in [-0.25, -0.2) is 8.42 Å². The molecular formula is C21H27N3O6S. The number of rotatable bonds is 11. The van der Waals surface area contributed by atoms with Crippen LogP contribution >= 0.6 is 0 Å². The summed E-state index contributed by atoms with van der Waals surface area (Å²) in [6.07, 6.45) is 1.79. The Bertz CT molecular complexity index is 992. The SMILES string of the molecule is COCCCNC(=O)c1ccccc1NC(=O)COc1ccc(N(C)S(C)(=O)=O)cc1. The molecule has 2 amide bonds. The summed E-state index contributed by atoms with van der Waals surface area (Å²) in [4.78, 5) is 24.7. The van der Waals surface area contributed by atoms with Crippen LogP contribution in [0.15, 0.2) is 48.5 Å². The molecule has 0 aliphatic carbocycles. The van der Waals surface area contributed by atoms with Crippen LogP contribution < -0.4 is 19.7 Å². The molecule has 2 N–H and O–H groups in total. The van der Waals surface area contributed by atoms with E-state index in [0.29, 0.717) is 42.3 Å². The van der Waals surface area contributed by atoms with Crippen LogP contribution in [0, 0.1) is 0 Å². The van der Waals surface area contributed by atoms with E-state index in [1.807, 2.05) is 0 Å². The number of para-hydroxylation sites is 1.